The van der Waals surface area contributed by atoms with Gasteiger partial charge in [-0.05, 0) is 49.2 Å². The summed E-state index contributed by atoms with van der Waals surface area (Å²) in [7, 11) is 0. The van der Waals surface area contributed by atoms with Gasteiger partial charge in [-0.2, -0.15) is 0 Å². The monoisotopic (exact) mass is 386 g/mol. The Balaban J connectivity index is 1.34. The summed E-state index contributed by atoms with van der Waals surface area (Å²) in [6.45, 7) is 1.27. The van der Waals surface area contributed by atoms with Crippen molar-refractivity contribution < 1.29 is 19.1 Å². The summed E-state index contributed by atoms with van der Waals surface area (Å²) in [6.07, 6.45) is 1.26. The first-order valence-corrected chi connectivity index (χ1v) is 9.23. The second-order valence-electron chi connectivity index (χ2n) is 6.63. The van der Waals surface area contributed by atoms with Crippen molar-refractivity contribution >= 4 is 29.1 Å². The lowest BCUT2D eigenvalue weighted by Gasteiger charge is -2.31. The zero-order valence-corrected chi connectivity index (χ0v) is 15.4. The SMILES string of the molecule is O=C(Nc1cccc(Cl)c1)C1CCN(C(=O)c2ccc3c(c2)OCO3)CC1. The zero-order valence-electron chi connectivity index (χ0n) is 14.6. The van der Waals surface area contributed by atoms with Crippen LogP contribution in [-0.4, -0.2) is 36.6 Å². The number of hydrogen-bond acceptors (Lipinski definition) is 4. The van der Waals surface area contributed by atoms with Gasteiger partial charge in [-0.25, -0.2) is 0 Å². The number of rotatable bonds is 3. The van der Waals surface area contributed by atoms with Gasteiger partial charge in [0.15, 0.2) is 11.5 Å². The third kappa shape index (κ3) is 3.85. The van der Waals surface area contributed by atoms with Crippen molar-refractivity contribution in [1.29, 1.82) is 0 Å². The fraction of sp³-hybridized carbons (Fsp3) is 0.300. The molecule has 0 unspecified atom stereocenters. The number of ether oxygens (including phenoxy) is 2. The van der Waals surface area contributed by atoms with E-state index in [0.29, 0.717) is 53.7 Å². The van der Waals surface area contributed by atoms with Gasteiger partial charge in [0.1, 0.15) is 0 Å². The highest BCUT2D eigenvalue weighted by Crippen LogP contribution is 2.33. The molecule has 1 saturated heterocycles. The van der Waals surface area contributed by atoms with Crippen LogP contribution in [0, 0.1) is 5.92 Å². The number of halogens is 1. The van der Waals surface area contributed by atoms with Gasteiger partial charge in [0.25, 0.3) is 5.91 Å². The lowest BCUT2D eigenvalue weighted by atomic mass is 9.95. The first kappa shape index (κ1) is 17.7. The van der Waals surface area contributed by atoms with E-state index in [-0.39, 0.29) is 24.5 Å². The van der Waals surface area contributed by atoms with Gasteiger partial charge < -0.3 is 19.7 Å². The molecule has 7 heteroatoms. The standard InChI is InChI=1S/C20H19ClN2O4/c21-15-2-1-3-16(11-15)22-19(24)13-6-8-23(9-7-13)20(25)14-4-5-17-18(10-14)27-12-26-17/h1-5,10-11,13H,6-9,12H2,(H,22,24). The first-order valence-electron chi connectivity index (χ1n) is 8.85. The molecule has 2 amide bonds. The molecular formula is C20H19ClN2O4. The number of benzene rings is 2. The lowest BCUT2D eigenvalue weighted by Crippen LogP contribution is -2.41. The predicted octanol–water partition coefficient (Wildman–Crippen LogP) is 3.56. The van der Waals surface area contributed by atoms with Gasteiger partial charge in [-0.3, -0.25) is 9.59 Å². The molecule has 27 heavy (non-hydrogen) atoms. The molecule has 0 aliphatic carbocycles. The van der Waals surface area contributed by atoms with Crippen LogP contribution in [0.3, 0.4) is 0 Å². The highest BCUT2D eigenvalue weighted by Gasteiger charge is 2.28. The number of carbonyl (C=O) groups is 2. The number of nitrogens with one attached hydrogen (secondary N) is 1. The van der Waals surface area contributed by atoms with Crippen LogP contribution in [0.4, 0.5) is 5.69 Å². The molecule has 2 aromatic carbocycles. The molecule has 0 radical (unpaired) electrons. The Hall–Kier alpha value is -2.73. The van der Waals surface area contributed by atoms with Crippen molar-refractivity contribution in [3.8, 4) is 11.5 Å². The number of hydrogen-bond donors (Lipinski definition) is 1. The van der Waals surface area contributed by atoms with E-state index in [1.54, 1.807) is 41.3 Å². The van der Waals surface area contributed by atoms with Crippen molar-refractivity contribution in [3.05, 3.63) is 53.1 Å². The second-order valence-corrected chi connectivity index (χ2v) is 7.07. The lowest BCUT2D eigenvalue weighted by molar-refractivity contribution is -0.121. The van der Waals surface area contributed by atoms with E-state index in [0.717, 1.165) is 0 Å². The molecule has 2 heterocycles. The van der Waals surface area contributed by atoms with Crippen molar-refractivity contribution in [2.45, 2.75) is 12.8 Å². The smallest absolute Gasteiger partial charge is 0.253 e. The number of likely N-dealkylation sites (tertiary alicyclic amines) is 1. The van der Waals surface area contributed by atoms with E-state index >= 15 is 0 Å². The Labute approximate surface area is 162 Å². The molecule has 0 atom stereocenters. The summed E-state index contributed by atoms with van der Waals surface area (Å²) < 4.78 is 10.6. The van der Waals surface area contributed by atoms with E-state index in [2.05, 4.69) is 5.32 Å². The van der Waals surface area contributed by atoms with E-state index in [1.807, 2.05) is 6.07 Å². The summed E-state index contributed by atoms with van der Waals surface area (Å²) in [5.74, 6) is 1.04. The number of amides is 2. The Morgan fingerprint density at radius 2 is 1.81 bits per heavy atom. The van der Waals surface area contributed by atoms with Crippen LogP contribution in [-0.2, 0) is 4.79 Å². The fourth-order valence-electron chi connectivity index (χ4n) is 3.37. The fourth-order valence-corrected chi connectivity index (χ4v) is 3.56. The highest BCUT2D eigenvalue weighted by molar-refractivity contribution is 6.30. The Bertz CT molecular complexity index is 878. The largest absolute Gasteiger partial charge is 0.454 e. The quantitative estimate of drug-likeness (QED) is 0.875. The molecule has 0 spiro atoms. The predicted molar refractivity (Wildman–Crippen MR) is 101 cm³/mol. The summed E-state index contributed by atoms with van der Waals surface area (Å²) >= 11 is 5.95. The molecule has 1 fully saturated rings. The highest BCUT2D eigenvalue weighted by atomic mass is 35.5. The first-order chi connectivity index (χ1) is 13.1. The number of piperidine rings is 1. The molecule has 140 valence electrons. The maximum Gasteiger partial charge on any atom is 0.253 e. The Morgan fingerprint density at radius 3 is 2.59 bits per heavy atom. The Morgan fingerprint density at radius 1 is 1.04 bits per heavy atom. The Kier molecular flexibility index (Phi) is 4.90. The number of nitrogens with zero attached hydrogens (tertiary/aromatic N) is 1. The van der Waals surface area contributed by atoms with Crippen LogP contribution in [0.2, 0.25) is 5.02 Å². The van der Waals surface area contributed by atoms with Crippen molar-refractivity contribution in [1.82, 2.24) is 4.90 Å². The molecule has 0 aromatic heterocycles. The minimum absolute atomic E-state index is 0.0348. The van der Waals surface area contributed by atoms with Gasteiger partial charge in [0.05, 0.1) is 0 Å². The third-order valence-corrected chi connectivity index (χ3v) is 5.10. The second kappa shape index (κ2) is 7.48. The average molecular weight is 387 g/mol. The molecule has 2 aromatic rings. The molecule has 2 aliphatic rings. The van der Waals surface area contributed by atoms with E-state index in [4.69, 9.17) is 21.1 Å². The molecule has 1 N–H and O–H groups in total. The zero-order chi connectivity index (χ0) is 18.8. The summed E-state index contributed by atoms with van der Waals surface area (Å²) in [5.41, 5.74) is 1.26. The van der Waals surface area contributed by atoms with Crippen molar-refractivity contribution in [3.63, 3.8) is 0 Å². The number of fused-ring (bicyclic) bond motifs is 1. The molecule has 4 rings (SSSR count). The van der Waals surface area contributed by atoms with Gasteiger partial charge in [0, 0.05) is 35.3 Å². The summed E-state index contributed by atoms with van der Waals surface area (Å²) in [4.78, 5) is 27.0. The molecule has 0 saturated carbocycles. The maximum absolute atomic E-state index is 12.7. The van der Waals surface area contributed by atoms with E-state index < -0.39 is 0 Å². The molecule has 2 aliphatic heterocycles. The van der Waals surface area contributed by atoms with Gasteiger partial charge >= 0.3 is 0 Å². The van der Waals surface area contributed by atoms with Crippen LogP contribution in [0.1, 0.15) is 23.2 Å². The van der Waals surface area contributed by atoms with Crippen LogP contribution < -0.4 is 14.8 Å². The van der Waals surface area contributed by atoms with E-state index in [1.165, 1.54) is 0 Å². The van der Waals surface area contributed by atoms with Crippen LogP contribution >= 0.6 is 11.6 Å². The van der Waals surface area contributed by atoms with Crippen LogP contribution in [0.15, 0.2) is 42.5 Å². The summed E-state index contributed by atoms with van der Waals surface area (Å²) in [5, 5.41) is 3.48. The topological polar surface area (TPSA) is 67.9 Å². The summed E-state index contributed by atoms with van der Waals surface area (Å²) in [6, 6.07) is 12.3. The van der Waals surface area contributed by atoms with Gasteiger partial charge in [-0.1, -0.05) is 17.7 Å². The molecule has 0 bridgehead atoms. The minimum Gasteiger partial charge on any atom is -0.454 e. The van der Waals surface area contributed by atoms with Crippen molar-refractivity contribution in [2.75, 3.05) is 25.2 Å². The average Bonchev–Trinajstić information content (AvgIpc) is 3.15. The van der Waals surface area contributed by atoms with Crippen molar-refractivity contribution in [2.24, 2.45) is 5.92 Å². The third-order valence-electron chi connectivity index (χ3n) is 4.86. The maximum atomic E-state index is 12.7. The van der Waals surface area contributed by atoms with Crippen LogP contribution in [0.25, 0.3) is 0 Å². The minimum atomic E-state index is -0.121. The number of carbonyl (C=O) groups excluding carboxylic acids is 2. The normalized spacial score (nSPS) is 16.3. The molecule has 6 nitrogen and oxygen atoms in total. The number of anilines is 1. The van der Waals surface area contributed by atoms with Crippen LogP contribution in [0.5, 0.6) is 11.5 Å². The van der Waals surface area contributed by atoms with Gasteiger partial charge in [-0.15, -0.1) is 0 Å². The van der Waals surface area contributed by atoms with Gasteiger partial charge in [0.2, 0.25) is 12.7 Å². The van der Waals surface area contributed by atoms with E-state index in [9.17, 15) is 9.59 Å². The molecular weight excluding hydrogens is 368 g/mol.